The predicted molar refractivity (Wildman–Crippen MR) is 77.9 cm³/mol. The summed E-state index contributed by atoms with van der Waals surface area (Å²) >= 11 is 5.63. The lowest BCUT2D eigenvalue weighted by atomic mass is 9.94. The third-order valence-electron chi connectivity index (χ3n) is 3.32. The fourth-order valence-electron chi connectivity index (χ4n) is 2.29. The van der Waals surface area contributed by atoms with Gasteiger partial charge in [0.15, 0.2) is 0 Å². The highest BCUT2D eigenvalue weighted by atomic mass is 79.9. The molecule has 17 heavy (non-hydrogen) atoms. The number of rotatable bonds is 4. The molecule has 2 nitrogen and oxygen atoms in total. The van der Waals surface area contributed by atoms with Crippen molar-refractivity contribution in [2.45, 2.75) is 24.0 Å². The maximum absolute atomic E-state index is 5.97. The van der Waals surface area contributed by atoms with Gasteiger partial charge in [0.2, 0.25) is 0 Å². The van der Waals surface area contributed by atoms with Crippen LogP contribution in [0.1, 0.15) is 18.4 Å². The summed E-state index contributed by atoms with van der Waals surface area (Å²) in [7, 11) is 1.70. The van der Waals surface area contributed by atoms with Crippen LogP contribution in [0.5, 0.6) is 5.75 Å². The maximum Gasteiger partial charge on any atom is 0.119 e. The number of thioether (sulfide) groups is 1. The molecule has 1 aliphatic heterocycles. The Labute approximate surface area is 115 Å². The molecule has 2 N–H and O–H groups in total. The molecule has 0 bridgehead atoms. The summed E-state index contributed by atoms with van der Waals surface area (Å²) in [5.74, 6) is 2.15. The Morgan fingerprint density at radius 1 is 1.53 bits per heavy atom. The van der Waals surface area contributed by atoms with Crippen molar-refractivity contribution in [1.29, 1.82) is 0 Å². The Balaban J connectivity index is 2.22. The summed E-state index contributed by atoms with van der Waals surface area (Å²) in [5.41, 5.74) is 7.27. The average Bonchev–Trinajstić information content (AvgIpc) is 2.81. The van der Waals surface area contributed by atoms with Crippen molar-refractivity contribution < 1.29 is 4.74 Å². The second kappa shape index (κ2) is 5.63. The van der Waals surface area contributed by atoms with Gasteiger partial charge >= 0.3 is 0 Å². The van der Waals surface area contributed by atoms with E-state index in [4.69, 9.17) is 10.5 Å². The monoisotopic (exact) mass is 315 g/mol. The molecule has 1 heterocycles. The molecule has 94 valence electrons. The number of halogens is 1. The fraction of sp³-hybridized carbons (Fsp3) is 0.538. The molecule has 1 saturated heterocycles. The third kappa shape index (κ3) is 2.98. The van der Waals surface area contributed by atoms with Gasteiger partial charge < -0.3 is 10.5 Å². The Hall–Kier alpha value is -0.190. The highest BCUT2D eigenvalue weighted by molar-refractivity contribution is 9.10. The summed E-state index contributed by atoms with van der Waals surface area (Å²) in [6.45, 7) is 0.751. The molecule has 1 fully saturated rings. The zero-order chi connectivity index (χ0) is 12.3. The molecule has 0 amide bonds. The first kappa shape index (κ1) is 13.2. The van der Waals surface area contributed by atoms with Crippen LogP contribution in [0, 0.1) is 0 Å². The van der Waals surface area contributed by atoms with Gasteiger partial charge in [0, 0.05) is 15.8 Å². The largest absolute Gasteiger partial charge is 0.497 e. The normalized spacial score (nSPS) is 23.9. The Morgan fingerprint density at radius 3 is 2.94 bits per heavy atom. The lowest BCUT2D eigenvalue weighted by molar-refractivity contribution is 0.413. The molecular weight excluding hydrogens is 298 g/mol. The molecule has 1 aromatic rings. The lowest BCUT2D eigenvalue weighted by Crippen LogP contribution is -2.34. The average molecular weight is 316 g/mol. The van der Waals surface area contributed by atoms with Gasteiger partial charge in [-0.15, -0.1) is 0 Å². The molecule has 1 aromatic carbocycles. The van der Waals surface area contributed by atoms with Crippen LogP contribution in [-0.2, 0) is 6.42 Å². The standard InChI is InChI=1S/C13H18BrNOS/c1-16-11-3-4-12(14)10(7-11)8-13(9-15)5-2-6-17-13/h3-4,7H,2,5-6,8-9,15H2,1H3. The number of methoxy groups -OCH3 is 1. The van der Waals surface area contributed by atoms with E-state index in [9.17, 15) is 0 Å². The van der Waals surface area contributed by atoms with Gasteiger partial charge in [0.1, 0.15) is 5.75 Å². The van der Waals surface area contributed by atoms with Crippen molar-refractivity contribution in [3.05, 3.63) is 28.2 Å². The van der Waals surface area contributed by atoms with E-state index in [1.807, 2.05) is 17.8 Å². The Kier molecular flexibility index (Phi) is 4.39. The first-order chi connectivity index (χ1) is 8.19. The van der Waals surface area contributed by atoms with E-state index in [2.05, 4.69) is 28.1 Å². The highest BCUT2D eigenvalue weighted by Crippen LogP contribution is 2.41. The van der Waals surface area contributed by atoms with Crippen LogP contribution in [-0.4, -0.2) is 24.2 Å². The molecule has 0 spiro atoms. The second-order valence-corrected chi connectivity index (χ2v) is 6.89. The molecular formula is C13H18BrNOS. The summed E-state index contributed by atoms with van der Waals surface area (Å²) in [6.07, 6.45) is 3.52. The third-order valence-corrected chi connectivity index (χ3v) is 5.72. The number of hydrogen-bond acceptors (Lipinski definition) is 3. The van der Waals surface area contributed by atoms with Gasteiger partial charge in [-0.05, 0) is 48.8 Å². The van der Waals surface area contributed by atoms with Crippen LogP contribution in [0.15, 0.2) is 22.7 Å². The number of ether oxygens (including phenoxy) is 1. The van der Waals surface area contributed by atoms with E-state index in [1.165, 1.54) is 24.2 Å². The van der Waals surface area contributed by atoms with Gasteiger partial charge in [-0.2, -0.15) is 11.8 Å². The molecule has 4 heteroatoms. The molecule has 2 rings (SSSR count). The lowest BCUT2D eigenvalue weighted by Gasteiger charge is -2.27. The van der Waals surface area contributed by atoms with Crippen LogP contribution in [0.2, 0.25) is 0 Å². The number of benzene rings is 1. The number of nitrogens with two attached hydrogens (primary N) is 1. The molecule has 0 radical (unpaired) electrons. The molecule has 1 unspecified atom stereocenters. The van der Waals surface area contributed by atoms with Gasteiger partial charge in [-0.25, -0.2) is 0 Å². The zero-order valence-electron chi connectivity index (χ0n) is 10.0. The van der Waals surface area contributed by atoms with Gasteiger partial charge in [-0.3, -0.25) is 0 Å². The minimum Gasteiger partial charge on any atom is -0.497 e. The van der Waals surface area contributed by atoms with Crippen LogP contribution in [0.3, 0.4) is 0 Å². The van der Waals surface area contributed by atoms with E-state index in [0.717, 1.165) is 23.2 Å². The first-order valence-electron chi connectivity index (χ1n) is 5.85. The van der Waals surface area contributed by atoms with Gasteiger partial charge in [-0.1, -0.05) is 15.9 Å². The summed E-state index contributed by atoms with van der Waals surface area (Å²) in [4.78, 5) is 0. The van der Waals surface area contributed by atoms with Crippen molar-refractivity contribution in [3.8, 4) is 5.75 Å². The molecule has 0 saturated carbocycles. The Morgan fingerprint density at radius 2 is 2.35 bits per heavy atom. The van der Waals surface area contributed by atoms with E-state index >= 15 is 0 Å². The van der Waals surface area contributed by atoms with Crippen molar-refractivity contribution in [2.75, 3.05) is 19.4 Å². The van der Waals surface area contributed by atoms with Crippen LogP contribution >= 0.6 is 27.7 Å². The topological polar surface area (TPSA) is 35.2 Å². The van der Waals surface area contributed by atoms with Crippen molar-refractivity contribution >= 4 is 27.7 Å². The first-order valence-corrected chi connectivity index (χ1v) is 7.63. The highest BCUT2D eigenvalue weighted by Gasteiger charge is 2.33. The minimum absolute atomic E-state index is 0.231. The smallest absolute Gasteiger partial charge is 0.119 e. The minimum atomic E-state index is 0.231. The van der Waals surface area contributed by atoms with E-state index in [1.54, 1.807) is 7.11 Å². The molecule has 0 aliphatic carbocycles. The summed E-state index contributed by atoms with van der Waals surface area (Å²) < 4.78 is 6.66. The zero-order valence-corrected chi connectivity index (χ0v) is 12.4. The van der Waals surface area contributed by atoms with Crippen molar-refractivity contribution in [1.82, 2.24) is 0 Å². The van der Waals surface area contributed by atoms with Crippen LogP contribution < -0.4 is 10.5 Å². The van der Waals surface area contributed by atoms with E-state index in [0.29, 0.717) is 0 Å². The Bertz CT molecular complexity index is 391. The van der Waals surface area contributed by atoms with Gasteiger partial charge in [0.05, 0.1) is 7.11 Å². The fourth-order valence-corrected chi connectivity index (χ4v) is 4.06. The molecule has 0 aromatic heterocycles. The SMILES string of the molecule is COc1ccc(Br)c(CC2(CN)CCCS2)c1. The quantitative estimate of drug-likeness (QED) is 0.926. The molecule has 1 atom stereocenters. The van der Waals surface area contributed by atoms with E-state index < -0.39 is 0 Å². The summed E-state index contributed by atoms with van der Waals surface area (Å²) in [6, 6.07) is 6.14. The maximum atomic E-state index is 5.97. The van der Waals surface area contributed by atoms with Crippen molar-refractivity contribution in [2.24, 2.45) is 5.73 Å². The van der Waals surface area contributed by atoms with Crippen molar-refractivity contribution in [3.63, 3.8) is 0 Å². The van der Waals surface area contributed by atoms with Crippen LogP contribution in [0.4, 0.5) is 0 Å². The summed E-state index contributed by atoms with van der Waals surface area (Å²) in [5, 5.41) is 0. The van der Waals surface area contributed by atoms with Gasteiger partial charge in [0.25, 0.3) is 0 Å². The number of hydrogen-bond donors (Lipinski definition) is 1. The second-order valence-electron chi connectivity index (χ2n) is 4.47. The van der Waals surface area contributed by atoms with Crippen LogP contribution in [0.25, 0.3) is 0 Å². The predicted octanol–water partition coefficient (Wildman–Crippen LogP) is 3.22. The molecule has 1 aliphatic rings. The van der Waals surface area contributed by atoms with E-state index in [-0.39, 0.29) is 4.75 Å².